The maximum Gasteiger partial charge on any atom is 0.241 e. The Morgan fingerprint density at radius 3 is 2.33 bits per heavy atom. The first-order valence-corrected chi connectivity index (χ1v) is 8.48. The smallest absolute Gasteiger partial charge is 0.207 e. The molecule has 0 aliphatic carbocycles. The lowest BCUT2D eigenvalue weighted by atomic mass is 10.1. The molecule has 0 bridgehead atoms. The van der Waals surface area contributed by atoms with Crippen LogP contribution < -0.4 is 4.72 Å². The minimum absolute atomic E-state index is 0.139. The molecule has 1 atom stereocenters. The van der Waals surface area contributed by atoms with Crippen LogP contribution in [0.1, 0.15) is 24.1 Å². The van der Waals surface area contributed by atoms with Crippen molar-refractivity contribution in [2.75, 3.05) is 0 Å². The first kappa shape index (κ1) is 15.7. The second kappa shape index (κ2) is 6.39. The van der Waals surface area contributed by atoms with Crippen LogP contribution in [0.15, 0.2) is 57.9 Å². The van der Waals surface area contributed by atoms with Crippen LogP contribution in [0.3, 0.4) is 0 Å². The molecule has 0 aromatic heterocycles. The van der Waals surface area contributed by atoms with Gasteiger partial charge in [0.25, 0.3) is 0 Å². The quantitative estimate of drug-likeness (QED) is 0.903. The molecule has 6 heteroatoms. The fourth-order valence-corrected chi connectivity index (χ4v) is 3.75. The van der Waals surface area contributed by atoms with Crippen LogP contribution in [0.5, 0.6) is 0 Å². The van der Waals surface area contributed by atoms with E-state index in [2.05, 4.69) is 20.7 Å². The Bertz CT molecular complexity index is 780. The van der Waals surface area contributed by atoms with Crippen LogP contribution in [0.4, 0.5) is 0 Å². The zero-order chi connectivity index (χ0) is 15.5. The van der Waals surface area contributed by atoms with Crippen molar-refractivity contribution in [2.24, 2.45) is 0 Å². The normalized spacial score (nSPS) is 12.6. The Balaban J connectivity index is 2.25. The van der Waals surface area contributed by atoms with Gasteiger partial charge in [0, 0.05) is 10.5 Å². The summed E-state index contributed by atoms with van der Waals surface area (Å²) in [6.07, 6.45) is 0. The Hall–Kier alpha value is -1.68. The summed E-state index contributed by atoms with van der Waals surface area (Å²) >= 11 is 3.41. The highest BCUT2D eigenvalue weighted by Crippen LogP contribution is 2.24. The summed E-state index contributed by atoms with van der Waals surface area (Å²) in [5.41, 5.74) is 1.28. The molecule has 0 spiro atoms. The minimum Gasteiger partial charge on any atom is -0.207 e. The molecule has 2 aromatic rings. The predicted molar refractivity (Wildman–Crippen MR) is 84.0 cm³/mol. The molecule has 0 saturated carbocycles. The molecule has 0 aliphatic heterocycles. The standard InChI is InChI=1S/C15H13BrN2O2S/c1-11(14-4-2-3-5-15(14)16)18-21(19,20)13-8-6-12(10-17)7-9-13/h2-9,11,18H,1H3/t11-/m1/s1. The van der Waals surface area contributed by atoms with Gasteiger partial charge in [-0.3, -0.25) is 0 Å². The van der Waals surface area contributed by atoms with Gasteiger partial charge in [-0.2, -0.15) is 5.26 Å². The molecule has 0 unspecified atom stereocenters. The van der Waals surface area contributed by atoms with E-state index in [0.717, 1.165) is 10.0 Å². The topological polar surface area (TPSA) is 70.0 Å². The fourth-order valence-electron chi connectivity index (χ4n) is 1.90. The number of hydrogen-bond donors (Lipinski definition) is 1. The van der Waals surface area contributed by atoms with Crippen LogP contribution in [0, 0.1) is 11.3 Å². The molecule has 108 valence electrons. The molecule has 0 aliphatic rings. The van der Waals surface area contributed by atoms with Gasteiger partial charge < -0.3 is 0 Å². The molecule has 1 N–H and O–H groups in total. The van der Waals surface area contributed by atoms with Gasteiger partial charge in [0.15, 0.2) is 0 Å². The average Bonchev–Trinajstić information content (AvgIpc) is 2.47. The van der Waals surface area contributed by atoms with E-state index in [4.69, 9.17) is 5.26 Å². The van der Waals surface area contributed by atoms with E-state index < -0.39 is 10.0 Å². The molecule has 0 fully saturated rings. The monoisotopic (exact) mass is 364 g/mol. The van der Waals surface area contributed by atoms with Crippen molar-refractivity contribution >= 4 is 26.0 Å². The zero-order valence-corrected chi connectivity index (χ0v) is 13.6. The van der Waals surface area contributed by atoms with Gasteiger partial charge in [0.05, 0.1) is 16.5 Å². The van der Waals surface area contributed by atoms with E-state index in [1.54, 1.807) is 6.92 Å². The number of nitriles is 1. The zero-order valence-electron chi connectivity index (χ0n) is 11.2. The fraction of sp³-hybridized carbons (Fsp3) is 0.133. The van der Waals surface area contributed by atoms with Gasteiger partial charge in [-0.05, 0) is 42.8 Å². The molecule has 0 radical (unpaired) electrons. The Kier molecular flexibility index (Phi) is 4.78. The van der Waals surface area contributed by atoms with Crippen molar-refractivity contribution < 1.29 is 8.42 Å². The summed E-state index contributed by atoms with van der Waals surface area (Å²) < 4.78 is 28.1. The van der Waals surface area contributed by atoms with Crippen LogP contribution in [0.25, 0.3) is 0 Å². The van der Waals surface area contributed by atoms with E-state index in [-0.39, 0.29) is 10.9 Å². The predicted octanol–water partition coefficient (Wildman–Crippen LogP) is 3.36. The van der Waals surface area contributed by atoms with Gasteiger partial charge in [0.2, 0.25) is 10.0 Å². The van der Waals surface area contributed by atoms with Crippen LogP contribution >= 0.6 is 15.9 Å². The highest BCUT2D eigenvalue weighted by Gasteiger charge is 2.19. The molecule has 21 heavy (non-hydrogen) atoms. The molecule has 2 aromatic carbocycles. The van der Waals surface area contributed by atoms with Gasteiger partial charge in [0.1, 0.15) is 0 Å². The minimum atomic E-state index is -3.63. The number of sulfonamides is 1. The van der Waals surface area contributed by atoms with Crippen LogP contribution in [-0.2, 0) is 10.0 Å². The van der Waals surface area contributed by atoms with E-state index >= 15 is 0 Å². The Morgan fingerprint density at radius 2 is 1.76 bits per heavy atom. The van der Waals surface area contributed by atoms with Crippen LogP contribution in [0.2, 0.25) is 0 Å². The van der Waals surface area contributed by atoms with Gasteiger partial charge >= 0.3 is 0 Å². The third-order valence-corrected chi connectivity index (χ3v) is 5.28. The molecule has 0 heterocycles. The third-order valence-electron chi connectivity index (χ3n) is 3.00. The SMILES string of the molecule is C[C@@H](NS(=O)(=O)c1ccc(C#N)cc1)c1ccccc1Br. The molecule has 4 nitrogen and oxygen atoms in total. The lowest BCUT2D eigenvalue weighted by molar-refractivity contribution is 0.566. The number of hydrogen-bond acceptors (Lipinski definition) is 3. The summed E-state index contributed by atoms with van der Waals surface area (Å²) in [5, 5.41) is 8.74. The molecular formula is C15H13BrN2O2S. The highest BCUT2D eigenvalue weighted by molar-refractivity contribution is 9.10. The van der Waals surface area contributed by atoms with Crippen molar-refractivity contribution in [2.45, 2.75) is 17.9 Å². The van der Waals surface area contributed by atoms with Crippen molar-refractivity contribution in [3.05, 3.63) is 64.1 Å². The van der Waals surface area contributed by atoms with Crippen molar-refractivity contribution in [3.63, 3.8) is 0 Å². The van der Waals surface area contributed by atoms with E-state index in [0.29, 0.717) is 5.56 Å². The first-order valence-electron chi connectivity index (χ1n) is 6.21. The largest absolute Gasteiger partial charge is 0.241 e. The lowest BCUT2D eigenvalue weighted by Crippen LogP contribution is -2.27. The summed E-state index contributed by atoms with van der Waals surface area (Å²) in [4.78, 5) is 0.139. The second-order valence-corrected chi connectivity index (χ2v) is 7.07. The van der Waals surface area contributed by atoms with Gasteiger partial charge in [-0.1, -0.05) is 34.1 Å². The van der Waals surface area contributed by atoms with E-state index in [1.165, 1.54) is 24.3 Å². The lowest BCUT2D eigenvalue weighted by Gasteiger charge is -2.16. The summed E-state index contributed by atoms with van der Waals surface area (Å²) in [7, 11) is -3.63. The maximum atomic E-state index is 12.3. The van der Waals surface area contributed by atoms with Crippen molar-refractivity contribution in [1.29, 1.82) is 5.26 Å². The number of nitrogens with zero attached hydrogens (tertiary/aromatic N) is 1. The number of rotatable bonds is 4. The molecule has 0 amide bonds. The van der Waals surface area contributed by atoms with Crippen molar-refractivity contribution in [1.82, 2.24) is 4.72 Å². The molecule has 2 rings (SSSR count). The molecule has 0 saturated heterocycles. The summed E-state index contributed by atoms with van der Waals surface area (Å²) in [6.45, 7) is 1.78. The third kappa shape index (κ3) is 3.70. The Morgan fingerprint density at radius 1 is 1.14 bits per heavy atom. The maximum absolute atomic E-state index is 12.3. The van der Waals surface area contributed by atoms with Crippen LogP contribution in [-0.4, -0.2) is 8.42 Å². The first-order chi connectivity index (χ1) is 9.94. The van der Waals surface area contributed by atoms with E-state index in [1.807, 2.05) is 30.3 Å². The number of halogens is 1. The summed E-state index contributed by atoms with van der Waals surface area (Å²) in [5.74, 6) is 0. The number of nitrogens with one attached hydrogen (secondary N) is 1. The number of benzene rings is 2. The highest BCUT2D eigenvalue weighted by atomic mass is 79.9. The summed E-state index contributed by atoms with van der Waals surface area (Å²) in [6, 6.07) is 14.8. The van der Waals surface area contributed by atoms with Gasteiger partial charge in [-0.25, -0.2) is 13.1 Å². The second-order valence-electron chi connectivity index (χ2n) is 4.50. The van der Waals surface area contributed by atoms with Crippen molar-refractivity contribution in [3.8, 4) is 6.07 Å². The molecular weight excluding hydrogens is 352 g/mol. The van der Waals surface area contributed by atoms with E-state index in [9.17, 15) is 8.42 Å². The van der Waals surface area contributed by atoms with Gasteiger partial charge in [-0.15, -0.1) is 0 Å². The Labute approximate surface area is 132 Å². The average molecular weight is 365 g/mol.